The Morgan fingerprint density at radius 1 is 1.04 bits per heavy atom. The second-order valence-electron chi connectivity index (χ2n) is 4.89. The first kappa shape index (κ1) is 18.7. The second-order valence-corrected chi connectivity index (χ2v) is 5.70. The molecule has 2 aromatic rings. The van der Waals surface area contributed by atoms with Crippen LogP contribution < -0.4 is 19.5 Å². The third-order valence-electron chi connectivity index (χ3n) is 3.34. The van der Waals surface area contributed by atoms with Gasteiger partial charge in [0.15, 0.2) is 17.3 Å². The highest BCUT2D eigenvalue weighted by Crippen LogP contribution is 2.27. The number of pyridine rings is 1. The van der Waals surface area contributed by atoms with Crippen molar-refractivity contribution in [1.29, 1.82) is 0 Å². The van der Waals surface area contributed by atoms with Crippen LogP contribution in [0.5, 0.6) is 17.2 Å². The zero-order valence-electron chi connectivity index (χ0n) is 14.0. The van der Waals surface area contributed by atoms with Crippen LogP contribution in [0.4, 0.5) is 0 Å². The van der Waals surface area contributed by atoms with Crippen LogP contribution in [-0.2, 0) is 0 Å². The fourth-order valence-electron chi connectivity index (χ4n) is 2.06. The highest BCUT2D eigenvalue weighted by Gasteiger charge is 2.14. The van der Waals surface area contributed by atoms with Crippen LogP contribution in [0.2, 0.25) is 0 Å². The Morgan fingerprint density at radius 3 is 2.40 bits per heavy atom. The lowest BCUT2D eigenvalue weighted by molar-refractivity contribution is 0.0901. The van der Waals surface area contributed by atoms with Gasteiger partial charge in [-0.3, -0.25) is 9.59 Å². The number of amides is 1. The Balaban J connectivity index is 2.07. The lowest BCUT2D eigenvalue weighted by atomic mass is 10.1. The predicted octanol–water partition coefficient (Wildman–Crippen LogP) is 2.48. The monoisotopic (exact) mass is 408 g/mol. The fourth-order valence-corrected chi connectivity index (χ4v) is 2.48. The number of rotatable bonds is 7. The Bertz CT molecular complexity index is 795. The van der Waals surface area contributed by atoms with E-state index >= 15 is 0 Å². The van der Waals surface area contributed by atoms with Crippen molar-refractivity contribution in [2.45, 2.75) is 0 Å². The van der Waals surface area contributed by atoms with Crippen molar-refractivity contribution in [3.63, 3.8) is 0 Å². The lowest BCUT2D eigenvalue weighted by Gasteiger charge is -2.10. The van der Waals surface area contributed by atoms with Gasteiger partial charge in [0.05, 0.1) is 27.9 Å². The summed E-state index contributed by atoms with van der Waals surface area (Å²) in [6.45, 7) is -0.195. The van der Waals surface area contributed by atoms with Gasteiger partial charge in [-0.15, -0.1) is 0 Å². The predicted molar refractivity (Wildman–Crippen MR) is 94.7 cm³/mol. The van der Waals surface area contributed by atoms with Gasteiger partial charge in [-0.2, -0.15) is 0 Å². The maximum Gasteiger partial charge on any atom is 0.251 e. The number of halogens is 1. The molecule has 0 spiro atoms. The minimum Gasteiger partial charge on any atom is -0.497 e. The Morgan fingerprint density at radius 2 is 1.76 bits per heavy atom. The number of Topliss-reactive ketones (excluding diaryl/α,β-unsaturated/α-hetero) is 1. The molecule has 0 aliphatic carbocycles. The highest BCUT2D eigenvalue weighted by molar-refractivity contribution is 9.10. The summed E-state index contributed by atoms with van der Waals surface area (Å²) in [5.74, 6) is 0.696. The molecule has 0 saturated heterocycles. The molecular formula is C17H17BrN2O5. The molecule has 0 unspecified atom stereocenters. The molecule has 8 heteroatoms. The largest absolute Gasteiger partial charge is 0.497 e. The molecule has 25 heavy (non-hydrogen) atoms. The van der Waals surface area contributed by atoms with Crippen molar-refractivity contribution >= 4 is 27.6 Å². The molecule has 132 valence electrons. The van der Waals surface area contributed by atoms with Gasteiger partial charge < -0.3 is 19.5 Å². The van der Waals surface area contributed by atoms with Gasteiger partial charge >= 0.3 is 0 Å². The molecular weight excluding hydrogens is 392 g/mol. The summed E-state index contributed by atoms with van der Waals surface area (Å²) in [6, 6.07) is 7.89. The van der Waals surface area contributed by atoms with E-state index in [9.17, 15) is 9.59 Å². The average molecular weight is 409 g/mol. The first-order chi connectivity index (χ1) is 12.0. The summed E-state index contributed by atoms with van der Waals surface area (Å²) in [5.41, 5.74) is 0.545. The molecule has 1 heterocycles. The molecule has 1 N–H and O–H groups in total. The molecule has 0 fully saturated rings. The quantitative estimate of drug-likeness (QED) is 0.559. The molecule has 0 aliphatic rings. The smallest absolute Gasteiger partial charge is 0.251 e. The minimum absolute atomic E-state index is 0.193. The summed E-state index contributed by atoms with van der Waals surface area (Å²) in [5, 5.41) is 2.56. The summed E-state index contributed by atoms with van der Waals surface area (Å²) in [4.78, 5) is 28.5. The van der Waals surface area contributed by atoms with Crippen LogP contribution in [-0.4, -0.2) is 44.5 Å². The Labute approximate surface area is 153 Å². The first-order valence-corrected chi connectivity index (χ1v) is 8.02. The third-order valence-corrected chi connectivity index (χ3v) is 3.75. The van der Waals surface area contributed by atoms with E-state index in [1.165, 1.54) is 27.4 Å². The van der Waals surface area contributed by atoms with Crippen LogP contribution in [0.25, 0.3) is 0 Å². The summed E-state index contributed by atoms with van der Waals surface area (Å²) >= 11 is 3.21. The van der Waals surface area contributed by atoms with Gasteiger partial charge in [-0.25, -0.2) is 4.98 Å². The van der Waals surface area contributed by atoms with Crippen LogP contribution in [0.1, 0.15) is 20.8 Å². The zero-order valence-corrected chi connectivity index (χ0v) is 15.5. The minimum atomic E-state index is -0.406. The van der Waals surface area contributed by atoms with E-state index in [0.717, 1.165) is 0 Å². The van der Waals surface area contributed by atoms with E-state index in [2.05, 4.69) is 26.2 Å². The number of methoxy groups -OCH3 is 3. The molecule has 2 rings (SSSR count). The summed E-state index contributed by atoms with van der Waals surface area (Å²) < 4.78 is 15.9. The van der Waals surface area contributed by atoms with Crippen LogP contribution >= 0.6 is 15.9 Å². The van der Waals surface area contributed by atoms with Crippen molar-refractivity contribution in [2.75, 3.05) is 27.9 Å². The number of ketones is 1. The molecule has 1 aromatic heterocycles. The number of hydrogen-bond acceptors (Lipinski definition) is 6. The maximum atomic E-state index is 12.2. The van der Waals surface area contributed by atoms with Gasteiger partial charge in [-0.1, -0.05) is 0 Å². The van der Waals surface area contributed by atoms with Crippen LogP contribution in [0.3, 0.4) is 0 Å². The molecule has 0 bridgehead atoms. The molecule has 1 amide bonds. The molecule has 0 atom stereocenters. The molecule has 0 aliphatic heterocycles. The molecule has 1 aromatic carbocycles. The van der Waals surface area contributed by atoms with E-state index < -0.39 is 5.91 Å². The van der Waals surface area contributed by atoms with Crippen LogP contribution in [0, 0.1) is 0 Å². The number of benzene rings is 1. The summed E-state index contributed by atoms with van der Waals surface area (Å²) in [6.07, 6.45) is 0. The van der Waals surface area contributed by atoms with E-state index in [1.807, 2.05) is 0 Å². The Kier molecular flexibility index (Phi) is 6.35. The molecule has 7 nitrogen and oxygen atoms in total. The summed E-state index contributed by atoms with van der Waals surface area (Å²) in [7, 11) is 4.49. The zero-order chi connectivity index (χ0) is 18.4. The van der Waals surface area contributed by atoms with Crippen molar-refractivity contribution < 1.29 is 23.8 Å². The number of ether oxygens (including phenoxy) is 3. The number of hydrogen-bond donors (Lipinski definition) is 1. The number of nitrogens with zero attached hydrogens (tertiary/aromatic N) is 1. The van der Waals surface area contributed by atoms with E-state index in [4.69, 9.17) is 14.2 Å². The van der Waals surface area contributed by atoms with Crippen molar-refractivity contribution in [1.82, 2.24) is 10.3 Å². The van der Waals surface area contributed by atoms with E-state index in [0.29, 0.717) is 27.4 Å². The topological polar surface area (TPSA) is 86.8 Å². The van der Waals surface area contributed by atoms with Gasteiger partial charge in [0, 0.05) is 17.7 Å². The maximum absolute atomic E-state index is 12.2. The van der Waals surface area contributed by atoms with E-state index in [1.54, 1.807) is 24.3 Å². The number of carbonyl (C=O) groups is 2. The Hall–Kier alpha value is -2.61. The average Bonchev–Trinajstić information content (AvgIpc) is 2.64. The standard InChI is InChI=1S/C17H17BrN2O5/c1-23-11-7-12(20-16(18)8-11)13(21)9-19-17(22)10-4-5-14(24-2)15(6-10)25-3/h4-8H,9H2,1-3H3,(H,19,22). The van der Waals surface area contributed by atoms with E-state index in [-0.39, 0.29) is 18.0 Å². The third kappa shape index (κ3) is 4.69. The van der Waals surface area contributed by atoms with Gasteiger partial charge in [0.1, 0.15) is 16.0 Å². The fraction of sp³-hybridized carbons (Fsp3) is 0.235. The number of carbonyl (C=O) groups excluding carboxylic acids is 2. The normalized spacial score (nSPS) is 10.1. The lowest BCUT2D eigenvalue weighted by Crippen LogP contribution is -2.30. The van der Waals surface area contributed by atoms with Gasteiger partial charge in [0.25, 0.3) is 5.91 Å². The molecule has 0 radical (unpaired) electrons. The van der Waals surface area contributed by atoms with Gasteiger partial charge in [-0.05, 0) is 34.1 Å². The highest BCUT2D eigenvalue weighted by atomic mass is 79.9. The number of nitrogens with one attached hydrogen (secondary N) is 1. The van der Waals surface area contributed by atoms with Crippen molar-refractivity contribution in [2.24, 2.45) is 0 Å². The number of aromatic nitrogens is 1. The van der Waals surface area contributed by atoms with Gasteiger partial charge in [0.2, 0.25) is 0 Å². The van der Waals surface area contributed by atoms with Crippen LogP contribution in [0.15, 0.2) is 34.9 Å². The van der Waals surface area contributed by atoms with Crippen molar-refractivity contribution in [3.8, 4) is 17.2 Å². The van der Waals surface area contributed by atoms with Crippen molar-refractivity contribution in [3.05, 3.63) is 46.2 Å². The molecule has 0 saturated carbocycles. The first-order valence-electron chi connectivity index (χ1n) is 7.23. The second kappa shape index (κ2) is 8.48. The SMILES string of the molecule is COc1cc(Br)nc(C(=O)CNC(=O)c2ccc(OC)c(OC)c2)c1.